The molecule has 1 fully saturated rings. The van der Waals surface area contributed by atoms with Crippen LogP contribution in [0.5, 0.6) is 11.5 Å². The Balaban J connectivity index is 1.45. The van der Waals surface area contributed by atoms with E-state index in [9.17, 15) is 0 Å². The highest BCUT2D eigenvalue weighted by Crippen LogP contribution is 2.35. The number of methoxy groups -OCH3 is 2. The van der Waals surface area contributed by atoms with E-state index < -0.39 is 0 Å². The summed E-state index contributed by atoms with van der Waals surface area (Å²) in [6.45, 7) is 6.49. The van der Waals surface area contributed by atoms with Crippen molar-refractivity contribution >= 4 is 22.4 Å². The molecule has 33 heavy (non-hydrogen) atoms. The predicted molar refractivity (Wildman–Crippen MR) is 135 cm³/mol. The lowest BCUT2D eigenvalue weighted by Gasteiger charge is -2.45. The summed E-state index contributed by atoms with van der Waals surface area (Å²) in [7, 11) is 3.34. The van der Waals surface area contributed by atoms with Crippen molar-refractivity contribution in [2.75, 3.05) is 37.1 Å². The first kappa shape index (κ1) is 21.2. The summed E-state index contributed by atoms with van der Waals surface area (Å²) in [5.41, 5.74) is 4.43. The average Bonchev–Trinajstić information content (AvgIpc) is 3.26. The third kappa shape index (κ3) is 3.97. The van der Waals surface area contributed by atoms with Gasteiger partial charge >= 0.3 is 0 Å². The van der Waals surface area contributed by atoms with Gasteiger partial charge in [0.05, 0.1) is 19.7 Å². The third-order valence-corrected chi connectivity index (χ3v) is 6.51. The van der Waals surface area contributed by atoms with Gasteiger partial charge in [-0.25, -0.2) is 0 Å². The number of aromatic nitrogens is 2. The zero-order chi connectivity index (χ0) is 22.9. The summed E-state index contributed by atoms with van der Waals surface area (Å²) in [6.07, 6.45) is 0. The normalized spacial score (nSPS) is 18.5. The molecule has 1 aliphatic heterocycles. The number of ether oxygens (including phenoxy) is 2. The Labute approximate surface area is 194 Å². The Morgan fingerprint density at radius 2 is 1.48 bits per heavy atom. The molecule has 0 amide bonds. The summed E-state index contributed by atoms with van der Waals surface area (Å²) in [6, 6.07) is 23.7. The van der Waals surface area contributed by atoms with Crippen molar-refractivity contribution in [2.24, 2.45) is 0 Å². The SMILES string of the molecule is COc1cc(OC)cc(-c2ccc3c(N4[C@H](C)CN(c5ccccc5)C[C@@H]4C)n[nH]c3c2)c1. The minimum atomic E-state index is 0.336. The molecule has 0 radical (unpaired) electrons. The van der Waals surface area contributed by atoms with Gasteiger partial charge in [0.1, 0.15) is 11.5 Å². The van der Waals surface area contributed by atoms with Gasteiger partial charge < -0.3 is 19.3 Å². The highest BCUT2D eigenvalue weighted by atomic mass is 16.5. The number of H-pyrrole nitrogens is 1. The van der Waals surface area contributed by atoms with Crippen LogP contribution in [-0.2, 0) is 0 Å². The number of para-hydroxylation sites is 1. The molecule has 1 aliphatic rings. The Morgan fingerprint density at radius 1 is 0.818 bits per heavy atom. The standard InChI is InChI=1S/C27H30N4O2/c1-18-16-30(22-8-6-5-7-9-22)17-19(2)31(18)27-25-11-10-20(14-26(25)28-29-27)21-12-23(32-3)15-24(13-21)33-4/h5-15,18-19H,16-17H2,1-4H3,(H,28,29)/t18-,19+. The van der Waals surface area contributed by atoms with Crippen LogP contribution in [0.25, 0.3) is 22.0 Å². The zero-order valence-electron chi connectivity index (χ0n) is 19.6. The summed E-state index contributed by atoms with van der Waals surface area (Å²) in [4.78, 5) is 4.92. The minimum absolute atomic E-state index is 0.336. The third-order valence-electron chi connectivity index (χ3n) is 6.51. The van der Waals surface area contributed by atoms with E-state index in [1.807, 2.05) is 18.2 Å². The number of piperazine rings is 1. The smallest absolute Gasteiger partial charge is 0.158 e. The van der Waals surface area contributed by atoms with Crippen LogP contribution in [0.15, 0.2) is 66.7 Å². The van der Waals surface area contributed by atoms with Gasteiger partial charge in [0.25, 0.3) is 0 Å². The van der Waals surface area contributed by atoms with Gasteiger partial charge in [-0.3, -0.25) is 5.10 Å². The quantitative estimate of drug-likeness (QED) is 0.452. The first-order valence-electron chi connectivity index (χ1n) is 11.4. The molecular formula is C27H30N4O2. The number of nitrogens with zero attached hydrogens (tertiary/aromatic N) is 3. The number of hydrogen-bond donors (Lipinski definition) is 1. The second kappa shape index (κ2) is 8.70. The van der Waals surface area contributed by atoms with E-state index in [0.717, 1.165) is 52.4 Å². The molecule has 1 saturated heterocycles. The second-order valence-corrected chi connectivity index (χ2v) is 8.75. The van der Waals surface area contributed by atoms with E-state index in [1.165, 1.54) is 5.69 Å². The molecule has 5 rings (SSSR count). The lowest BCUT2D eigenvalue weighted by Crippen LogP contribution is -2.57. The van der Waals surface area contributed by atoms with Gasteiger partial charge in [0.15, 0.2) is 5.82 Å². The summed E-state index contributed by atoms with van der Waals surface area (Å²) in [5, 5.41) is 9.16. The first-order valence-corrected chi connectivity index (χ1v) is 11.4. The van der Waals surface area contributed by atoms with Crippen LogP contribution in [0, 0.1) is 0 Å². The van der Waals surface area contributed by atoms with Crippen LogP contribution in [0.4, 0.5) is 11.5 Å². The Kier molecular flexibility index (Phi) is 5.58. The highest BCUT2D eigenvalue weighted by Gasteiger charge is 2.32. The number of hydrogen-bond acceptors (Lipinski definition) is 5. The van der Waals surface area contributed by atoms with Crippen LogP contribution >= 0.6 is 0 Å². The molecule has 0 aliphatic carbocycles. The molecule has 1 N–H and O–H groups in total. The second-order valence-electron chi connectivity index (χ2n) is 8.75. The van der Waals surface area contributed by atoms with Crippen LogP contribution in [0.3, 0.4) is 0 Å². The van der Waals surface area contributed by atoms with Gasteiger partial charge in [-0.15, -0.1) is 0 Å². The minimum Gasteiger partial charge on any atom is -0.497 e. The summed E-state index contributed by atoms with van der Waals surface area (Å²) in [5.74, 6) is 2.56. The maximum absolute atomic E-state index is 5.44. The molecule has 0 unspecified atom stereocenters. The Morgan fingerprint density at radius 3 is 2.12 bits per heavy atom. The Bertz CT molecular complexity index is 1220. The first-order chi connectivity index (χ1) is 16.1. The number of anilines is 2. The molecule has 0 bridgehead atoms. The van der Waals surface area contributed by atoms with Crippen molar-refractivity contribution in [2.45, 2.75) is 25.9 Å². The van der Waals surface area contributed by atoms with E-state index in [4.69, 9.17) is 14.6 Å². The lowest BCUT2D eigenvalue weighted by molar-refractivity contribution is 0.394. The number of nitrogens with one attached hydrogen (secondary N) is 1. The molecule has 0 spiro atoms. The molecule has 1 aromatic heterocycles. The van der Waals surface area contributed by atoms with E-state index in [1.54, 1.807) is 14.2 Å². The zero-order valence-corrected chi connectivity index (χ0v) is 19.6. The van der Waals surface area contributed by atoms with Crippen LogP contribution in [0.1, 0.15) is 13.8 Å². The summed E-state index contributed by atoms with van der Waals surface area (Å²) >= 11 is 0. The van der Waals surface area contributed by atoms with Crippen LogP contribution in [0.2, 0.25) is 0 Å². The van der Waals surface area contributed by atoms with Crippen molar-refractivity contribution < 1.29 is 9.47 Å². The molecule has 6 nitrogen and oxygen atoms in total. The molecular weight excluding hydrogens is 412 g/mol. The molecule has 6 heteroatoms. The fraction of sp³-hybridized carbons (Fsp3) is 0.296. The van der Waals surface area contributed by atoms with Crippen molar-refractivity contribution in [1.29, 1.82) is 0 Å². The monoisotopic (exact) mass is 442 g/mol. The van der Waals surface area contributed by atoms with Crippen LogP contribution in [-0.4, -0.2) is 49.6 Å². The molecule has 170 valence electrons. The van der Waals surface area contributed by atoms with Crippen molar-refractivity contribution in [3.8, 4) is 22.6 Å². The number of benzene rings is 3. The van der Waals surface area contributed by atoms with Gasteiger partial charge in [0.2, 0.25) is 0 Å². The average molecular weight is 443 g/mol. The molecule has 3 aromatic carbocycles. The maximum atomic E-state index is 5.44. The molecule has 2 atom stereocenters. The maximum Gasteiger partial charge on any atom is 0.158 e. The topological polar surface area (TPSA) is 53.6 Å². The van der Waals surface area contributed by atoms with Gasteiger partial charge in [-0.05, 0) is 61.4 Å². The van der Waals surface area contributed by atoms with Crippen LogP contribution < -0.4 is 19.3 Å². The highest BCUT2D eigenvalue weighted by molar-refractivity contribution is 5.93. The fourth-order valence-electron chi connectivity index (χ4n) is 4.95. The van der Waals surface area contributed by atoms with E-state index >= 15 is 0 Å². The van der Waals surface area contributed by atoms with Crippen molar-refractivity contribution in [1.82, 2.24) is 10.2 Å². The van der Waals surface area contributed by atoms with Gasteiger partial charge in [-0.1, -0.05) is 24.3 Å². The van der Waals surface area contributed by atoms with Gasteiger partial charge in [0, 0.05) is 42.3 Å². The largest absolute Gasteiger partial charge is 0.497 e. The van der Waals surface area contributed by atoms with Gasteiger partial charge in [-0.2, -0.15) is 5.10 Å². The molecule has 0 saturated carbocycles. The molecule has 4 aromatic rings. The summed E-state index contributed by atoms with van der Waals surface area (Å²) < 4.78 is 10.9. The van der Waals surface area contributed by atoms with Crippen molar-refractivity contribution in [3.05, 3.63) is 66.7 Å². The van der Waals surface area contributed by atoms with E-state index in [0.29, 0.717) is 12.1 Å². The number of aromatic amines is 1. The van der Waals surface area contributed by atoms with Crippen molar-refractivity contribution in [3.63, 3.8) is 0 Å². The molecule has 2 heterocycles. The number of rotatable bonds is 5. The lowest BCUT2D eigenvalue weighted by atomic mass is 10.0. The number of fused-ring (bicyclic) bond motifs is 1. The van der Waals surface area contributed by atoms with E-state index in [-0.39, 0.29) is 0 Å². The van der Waals surface area contributed by atoms with E-state index in [2.05, 4.69) is 77.3 Å². The Hall–Kier alpha value is -3.67. The predicted octanol–water partition coefficient (Wildman–Crippen LogP) is 5.35. The fourth-order valence-corrected chi connectivity index (χ4v) is 4.95.